The smallest absolute Gasteiger partial charge is 0.0941 e. The number of hydrogen-bond acceptors (Lipinski definition) is 6. The van der Waals surface area contributed by atoms with E-state index < -0.39 is 0 Å². The van der Waals surface area contributed by atoms with Crippen molar-refractivity contribution in [3.8, 4) is 0 Å². The van der Waals surface area contributed by atoms with Gasteiger partial charge in [-0.2, -0.15) is 0 Å². The Morgan fingerprint density at radius 1 is 1.36 bits per heavy atom. The molecule has 14 heavy (non-hydrogen) atoms. The summed E-state index contributed by atoms with van der Waals surface area (Å²) in [5.74, 6) is 5.69. The van der Waals surface area contributed by atoms with E-state index in [0.29, 0.717) is 13.1 Å². The molecule has 0 radical (unpaired) electrons. The van der Waals surface area contributed by atoms with E-state index in [2.05, 4.69) is 5.32 Å². The lowest BCUT2D eigenvalue weighted by Gasteiger charge is -2.41. The van der Waals surface area contributed by atoms with Gasteiger partial charge in [-0.1, -0.05) is 6.92 Å². The minimum atomic E-state index is -0.321. The molecule has 0 aromatic rings. The molecule has 1 atom stereocenters. The van der Waals surface area contributed by atoms with Crippen LogP contribution in [0.25, 0.3) is 0 Å². The molecule has 1 unspecified atom stereocenters. The van der Waals surface area contributed by atoms with E-state index in [-0.39, 0.29) is 5.66 Å². The second-order valence-corrected chi connectivity index (χ2v) is 3.40. The first kappa shape index (κ1) is 13.8. The molecule has 0 spiro atoms. The summed E-state index contributed by atoms with van der Waals surface area (Å²) in [4.78, 5) is 0. The van der Waals surface area contributed by atoms with E-state index >= 15 is 0 Å². The van der Waals surface area contributed by atoms with Gasteiger partial charge in [0.05, 0.1) is 5.66 Å². The molecule has 86 valence electrons. The van der Waals surface area contributed by atoms with Crippen LogP contribution in [0.2, 0.25) is 0 Å². The van der Waals surface area contributed by atoms with Crippen molar-refractivity contribution in [3.63, 3.8) is 0 Å². The number of rotatable bonds is 2. The Morgan fingerprint density at radius 2 is 1.93 bits per heavy atom. The third-order valence-electron chi connectivity index (χ3n) is 2.31. The molecule has 9 N–H and O–H groups in total. The van der Waals surface area contributed by atoms with Crippen molar-refractivity contribution in [2.24, 2.45) is 23.0 Å². The van der Waals surface area contributed by atoms with Gasteiger partial charge in [-0.25, -0.2) is 5.01 Å². The molecule has 0 aromatic carbocycles. The average Bonchev–Trinajstić information content (AvgIpc) is 2.23. The summed E-state index contributed by atoms with van der Waals surface area (Å²) >= 11 is 0. The van der Waals surface area contributed by atoms with E-state index in [4.69, 9.17) is 23.0 Å². The standard InChI is InChI=1S/C6H16N4.C2H8N2/c1-2-6(7)5-9-3-4-10(6)8;3-1-2-4/h9H,2-5,7-8H2,1H3;1-4H2. The van der Waals surface area contributed by atoms with E-state index in [9.17, 15) is 0 Å². The summed E-state index contributed by atoms with van der Waals surface area (Å²) in [5, 5.41) is 4.94. The largest absolute Gasteiger partial charge is 0.329 e. The van der Waals surface area contributed by atoms with Gasteiger partial charge in [-0.3, -0.25) is 5.84 Å². The topological polar surface area (TPSA) is 119 Å². The van der Waals surface area contributed by atoms with Crippen LogP contribution in [-0.2, 0) is 0 Å². The monoisotopic (exact) mass is 204 g/mol. The summed E-state index contributed by atoms with van der Waals surface area (Å²) in [6, 6.07) is 0. The maximum atomic E-state index is 5.94. The van der Waals surface area contributed by atoms with Gasteiger partial charge in [-0.15, -0.1) is 0 Å². The fourth-order valence-electron chi connectivity index (χ4n) is 1.16. The van der Waals surface area contributed by atoms with Crippen LogP contribution < -0.4 is 28.4 Å². The van der Waals surface area contributed by atoms with E-state index in [0.717, 1.165) is 26.1 Å². The predicted octanol–water partition coefficient (Wildman–Crippen LogP) is -2.27. The Bertz CT molecular complexity index is 140. The highest BCUT2D eigenvalue weighted by atomic mass is 15.5. The van der Waals surface area contributed by atoms with Crippen LogP contribution in [0.3, 0.4) is 0 Å². The molecule has 1 heterocycles. The van der Waals surface area contributed by atoms with Crippen LogP contribution in [0.1, 0.15) is 13.3 Å². The lowest BCUT2D eigenvalue weighted by Crippen LogP contribution is -2.68. The van der Waals surface area contributed by atoms with Crippen LogP contribution in [-0.4, -0.2) is 43.4 Å². The fourth-order valence-corrected chi connectivity index (χ4v) is 1.16. The molecule has 1 saturated heterocycles. The molecule has 0 bridgehead atoms. The second-order valence-electron chi connectivity index (χ2n) is 3.40. The number of nitrogens with one attached hydrogen (secondary N) is 1. The van der Waals surface area contributed by atoms with Gasteiger partial charge >= 0.3 is 0 Å². The van der Waals surface area contributed by atoms with Crippen molar-refractivity contribution in [3.05, 3.63) is 0 Å². The third kappa shape index (κ3) is 4.32. The van der Waals surface area contributed by atoms with Crippen LogP contribution >= 0.6 is 0 Å². The van der Waals surface area contributed by atoms with E-state index in [1.54, 1.807) is 5.01 Å². The molecule has 6 nitrogen and oxygen atoms in total. The van der Waals surface area contributed by atoms with Crippen LogP contribution in [0, 0.1) is 0 Å². The van der Waals surface area contributed by atoms with Crippen molar-refractivity contribution in [2.75, 3.05) is 32.7 Å². The molecular weight excluding hydrogens is 180 g/mol. The van der Waals surface area contributed by atoms with Crippen molar-refractivity contribution < 1.29 is 0 Å². The molecule has 1 rings (SSSR count). The normalized spacial score (nSPS) is 28.1. The van der Waals surface area contributed by atoms with Gasteiger partial charge in [0.2, 0.25) is 0 Å². The van der Waals surface area contributed by atoms with Gasteiger partial charge in [-0.05, 0) is 6.42 Å². The molecule has 0 amide bonds. The number of piperazine rings is 1. The SMILES string of the molecule is CCC1(N)CNCCN1N.NCCN. The van der Waals surface area contributed by atoms with Crippen LogP contribution in [0.4, 0.5) is 0 Å². The average molecular weight is 204 g/mol. The number of nitrogens with zero attached hydrogens (tertiary/aromatic N) is 1. The quantitative estimate of drug-likeness (QED) is 0.324. The zero-order chi connectivity index (χ0) is 11.0. The van der Waals surface area contributed by atoms with Crippen molar-refractivity contribution in [1.29, 1.82) is 0 Å². The van der Waals surface area contributed by atoms with Crippen LogP contribution in [0.5, 0.6) is 0 Å². The van der Waals surface area contributed by atoms with E-state index in [1.807, 2.05) is 6.92 Å². The molecule has 1 aliphatic heterocycles. The highest BCUT2D eigenvalue weighted by Gasteiger charge is 2.30. The number of nitrogens with two attached hydrogens (primary N) is 4. The number of hydrogen-bond donors (Lipinski definition) is 5. The van der Waals surface area contributed by atoms with Crippen molar-refractivity contribution >= 4 is 0 Å². The Kier molecular flexibility index (Phi) is 6.98. The summed E-state index contributed by atoms with van der Waals surface area (Å²) < 4.78 is 0. The Balaban J connectivity index is 0.000000364. The van der Waals surface area contributed by atoms with Gasteiger partial charge in [0.15, 0.2) is 0 Å². The minimum absolute atomic E-state index is 0.321. The molecule has 6 heteroatoms. The molecule has 0 aliphatic carbocycles. The minimum Gasteiger partial charge on any atom is -0.329 e. The molecular formula is C8H24N6. The zero-order valence-corrected chi connectivity index (χ0v) is 9.00. The first-order valence-corrected chi connectivity index (χ1v) is 5.02. The summed E-state index contributed by atoms with van der Waals surface area (Å²) in [7, 11) is 0. The maximum absolute atomic E-state index is 5.94. The highest BCUT2D eigenvalue weighted by molar-refractivity contribution is 4.86. The first-order chi connectivity index (χ1) is 6.60. The van der Waals surface area contributed by atoms with Gasteiger partial charge in [0.25, 0.3) is 0 Å². The lowest BCUT2D eigenvalue weighted by molar-refractivity contribution is 0.0611. The molecule has 0 aromatic heterocycles. The third-order valence-corrected chi connectivity index (χ3v) is 2.31. The lowest BCUT2D eigenvalue weighted by atomic mass is 10.1. The molecule has 1 fully saturated rings. The van der Waals surface area contributed by atoms with Crippen molar-refractivity contribution in [2.45, 2.75) is 19.0 Å². The molecule has 1 aliphatic rings. The van der Waals surface area contributed by atoms with Gasteiger partial charge in [0.1, 0.15) is 0 Å². The highest BCUT2D eigenvalue weighted by Crippen LogP contribution is 2.09. The van der Waals surface area contributed by atoms with Gasteiger partial charge in [0, 0.05) is 32.7 Å². The summed E-state index contributed by atoms with van der Waals surface area (Å²) in [6.07, 6.45) is 0.885. The Morgan fingerprint density at radius 3 is 2.21 bits per heavy atom. The maximum Gasteiger partial charge on any atom is 0.0941 e. The Labute approximate surface area is 85.9 Å². The van der Waals surface area contributed by atoms with Crippen molar-refractivity contribution in [1.82, 2.24) is 10.3 Å². The Hall–Kier alpha value is -0.240. The van der Waals surface area contributed by atoms with Gasteiger partial charge < -0.3 is 22.5 Å². The summed E-state index contributed by atoms with van der Waals surface area (Å²) in [6.45, 7) is 5.81. The zero-order valence-electron chi connectivity index (χ0n) is 9.00. The first-order valence-electron chi connectivity index (χ1n) is 5.02. The summed E-state index contributed by atoms with van der Waals surface area (Å²) in [5.41, 5.74) is 15.4. The van der Waals surface area contributed by atoms with Crippen LogP contribution in [0.15, 0.2) is 0 Å². The number of hydrazine groups is 1. The molecule has 0 saturated carbocycles. The predicted molar refractivity (Wildman–Crippen MR) is 59.1 cm³/mol. The fraction of sp³-hybridized carbons (Fsp3) is 1.00. The van der Waals surface area contributed by atoms with E-state index in [1.165, 1.54) is 0 Å². The second kappa shape index (κ2) is 7.10.